The standard InChI is InChI=1S/C17H14F3N3O3S3/c1-22-10(8-13(21-22)17(18,19)20)11-5-4-9(28-11)7-12-15(26)23(16(27)29-12)6-2-3-14(24)25/h4-5,7-8H,2-3,6H2,1H3,(H,24,25). The maximum absolute atomic E-state index is 12.9. The van der Waals surface area contributed by atoms with Crippen LogP contribution in [0.4, 0.5) is 13.2 Å². The van der Waals surface area contributed by atoms with Crippen LogP contribution < -0.4 is 0 Å². The quantitative estimate of drug-likeness (QED) is 0.513. The molecule has 0 bridgehead atoms. The smallest absolute Gasteiger partial charge is 0.435 e. The first kappa shape index (κ1) is 21.5. The molecule has 6 nitrogen and oxygen atoms in total. The third-order valence-corrected chi connectivity index (χ3v) is 6.40. The molecule has 0 spiro atoms. The number of nitrogens with zero attached hydrogens (tertiary/aromatic N) is 3. The Morgan fingerprint density at radius 3 is 2.72 bits per heavy atom. The number of hydrogen-bond donors (Lipinski definition) is 1. The van der Waals surface area contributed by atoms with E-state index in [-0.39, 0.29) is 18.9 Å². The molecule has 1 N–H and O–H groups in total. The van der Waals surface area contributed by atoms with Gasteiger partial charge in [-0.3, -0.25) is 19.2 Å². The molecule has 0 radical (unpaired) electrons. The lowest BCUT2D eigenvalue weighted by Crippen LogP contribution is -2.29. The van der Waals surface area contributed by atoms with E-state index in [0.29, 0.717) is 31.1 Å². The Labute approximate surface area is 177 Å². The van der Waals surface area contributed by atoms with Crippen LogP contribution in [0.15, 0.2) is 23.1 Å². The minimum Gasteiger partial charge on any atom is -0.481 e. The molecule has 3 rings (SSSR count). The summed E-state index contributed by atoms with van der Waals surface area (Å²) in [4.78, 5) is 26.1. The largest absolute Gasteiger partial charge is 0.481 e. The Hall–Kier alpha value is -2.18. The topological polar surface area (TPSA) is 75.4 Å². The number of carboxylic acids is 1. The number of carbonyl (C=O) groups is 2. The Morgan fingerprint density at radius 2 is 2.10 bits per heavy atom. The SMILES string of the molecule is Cn1nc(C(F)(F)F)cc1-c1ccc(C=C2SC(=S)N(CCCC(=O)O)C2=O)s1. The van der Waals surface area contributed by atoms with Gasteiger partial charge in [-0.05, 0) is 30.7 Å². The molecule has 0 aromatic carbocycles. The zero-order valence-corrected chi connectivity index (χ0v) is 17.3. The lowest BCUT2D eigenvalue weighted by Gasteiger charge is -2.13. The van der Waals surface area contributed by atoms with E-state index < -0.39 is 17.8 Å². The molecule has 154 valence electrons. The van der Waals surface area contributed by atoms with Crippen LogP contribution in [0.1, 0.15) is 23.4 Å². The van der Waals surface area contributed by atoms with Crippen LogP contribution in [0.2, 0.25) is 0 Å². The summed E-state index contributed by atoms with van der Waals surface area (Å²) in [6.07, 6.45) is -2.66. The first-order valence-electron chi connectivity index (χ1n) is 8.25. The van der Waals surface area contributed by atoms with Crippen molar-refractivity contribution in [3.63, 3.8) is 0 Å². The Balaban J connectivity index is 1.77. The number of carboxylic acid groups (broad SMARTS) is 1. The van der Waals surface area contributed by atoms with Gasteiger partial charge in [-0.25, -0.2) is 0 Å². The summed E-state index contributed by atoms with van der Waals surface area (Å²) in [6.45, 7) is 0.221. The summed E-state index contributed by atoms with van der Waals surface area (Å²) >= 11 is 7.53. The number of thioether (sulfide) groups is 1. The van der Waals surface area contributed by atoms with Gasteiger partial charge in [0.2, 0.25) is 0 Å². The fourth-order valence-electron chi connectivity index (χ4n) is 2.61. The Morgan fingerprint density at radius 1 is 1.38 bits per heavy atom. The van der Waals surface area contributed by atoms with Gasteiger partial charge in [0.1, 0.15) is 4.32 Å². The van der Waals surface area contributed by atoms with Crippen molar-refractivity contribution < 1.29 is 27.9 Å². The van der Waals surface area contributed by atoms with Crippen molar-refractivity contribution in [3.8, 4) is 10.6 Å². The average molecular weight is 462 g/mol. The van der Waals surface area contributed by atoms with Crippen molar-refractivity contribution >= 4 is 57.6 Å². The molecule has 3 heterocycles. The summed E-state index contributed by atoms with van der Waals surface area (Å²) in [5.74, 6) is -1.25. The van der Waals surface area contributed by atoms with Crippen LogP contribution in [0.3, 0.4) is 0 Å². The second kappa shape index (κ2) is 8.28. The molecule has 0 atom stereocenters. The van der Waals surface area contributed by atoms with Gasteiger partial charge in [0.25, 0.3) is 5.91 Å². The van der Waals surface area contributed by atoms with Crippen molar-refractivity contribution in [2.45, 2.75) is 19.0 Å². The van der Waals surface area contributed by atoms with Crippen molar-refractivity contribution in [1.29, 1.82) is 0 Å². The lowest BCUT2D eigenvalue weighted by atomic mass is 10.3. The minimum atomic E-state index is -4.52. The van der Waals surface area contributed by atoms with Crippen LogP contribution >= 0.6 is 35.3 Å². The van der Waals surface area contributed by atoms with E-state index in [2.05, 4.69) is 5.10 Å². The molecular formula is C17H14F3N3O3S3. The van der Waals surface area contributed by atoms with Gasteiger partial charge in [0, 0.05) is 24.9 Å². The zero-order chi connectivity index (χ0) is 21.3. The molecule has 1 aliphatic heterocycles. The van der Waals surface area contributed by atoms with Gasteiger partial charge in [-0.2, -0.15) is 18.3 Å². The highest BCUT2D eigenvalue weighted by molar-refractivity contribution is 8.26. The van der Waals surface area contributed by atoms with E-state index in [1.807, 2.05) is 0 Å². The van der Waals surface area contributed by atoms with Gasteiger partial charge < -0.3 is 5.11 Å². The molecule has 1 amide bonds. The molecular weight excluding hydrogens is 447 g/mol. The number of aryl methyl sites for hydroxylation is 1. The highest BCUT2D eigenvalue weighted by atomic mass is 32.2. The predicted molar refractivity (Wildman–Crippen MR) is 108 cm³/mol. The summed E-state index contributed by atoms with van der Waals surface area (Å²) in [5, 5.41) is 12.2. The number of halogens is 3. The molecule has 1 aliphatic rings. The van der Waals surface area contributed by atoms with E-state index in [9.17, 15) is 22.8 Å². The van der Waals surface area contributed by atoms with E-state index in [4.69, 9.17) is 17.3 Å². The highest BCUT2D eigenvalue weighted by Crippen LogP contribution is 2.37. The number of amides is 1. The minimum absolute atomic E-state index is 0.0605. The molecule has 1 fully saturated rings. The normalized spacial score (nSPS) is 16.3. The van der Waals surface area contributed by atoms with Gasteiger partial charge in [-0.1, -0.05) is 24.0 Å². The van der Waals surface area contributed by atoms with Crippen molar-refractivity contribution in [2.75, 3.05) is 6.54 Å². The van der Waals surface area contributed by atoms with Crippen molar-refractivity contribution in [3.05, 3.63) is 33.7 Å². The van der Waals surface area contributed by atoms with Crippen LogP contribution in [0, 0.1) is 0 Å². The summed E-state index contributed by atoms with van der Waals surface area (Å²) in [5.41, 5.74) is -0.643. The zero-order valence-electron chi connectivity index (χ0n) is 14.9. The number of rotatable bonds is 6. The number of aromatic nitrogens is 2. The summed E-state index contributed by atoms with van der Waals surface area (Å²) in [6, 6.07) is 4.36. The second-order valence-corrected chi connectivity index (χ2v) is 8.86. The van der Waals surface area contributed by atoms with Crippen LogP contribution in [0.5, 0.6) is 0 Å². The fraction of sp³-hybridized carbons (Fsp3) is 0.294. The van der Waals surface area contributed by atoms with E-state index in [1.54, 1.807) is 18.2 Å². The molecule has 29 heavy (non-hydrogen) atoms. The molecule has 1 saturated heterocycles. The van der Waals surface area contributed by atoms with Gasteiger partial charge >= 0.3 is 12.1 Å². The fourth-order valence-corrected chi connectivity index (χ4v) is 4.99. The molecule has 0 saturated carbocycles. The number of thiophene rings is 1. The summed E-state index contributed by atoms with van der Waals surface area (Å²) in [7, 11) is 1.44. The third kappa shape index (κ3) is 4.87. The number of hydrogen-bond acceptors (Lipinski definition) is 6. The van der Waals surface area contributed by atoms with Crippen molar-refractivity contribution in [2.24, 2.45) is 7.05 Å². The molecule has 0 aliphatic carbocycles. The first-order valence-corrected chi connectivity index (χ1v) is 10.3. The maximum Gasteiger partial charge on any atom is 0.435 e. The van der Waals surface area contributed by atoms with E-state index in [0.717, 1.165) is 17.8 Å². The number of carbonyl (C=O) groups excluding carboxylic acids is 1. The molecule has 12 heteroatoms. The predicted octanol–water partition coefficient (Wildman–Crippen LogP) is 4.23. The van der Waals surface area contributed by atoms with Gasteiger partial charge in [0.05, 0.1) is 15.5 Å². The third-order valence-electron chi connectivity index (χ3n) is 3.97. The monoisotopic (exact) mass is 461 g/mol. The van der Waals surface area contributed by atoms with E-state index >= 15 is 0 Å². The molecule has 2 aromatic heterocycles. The first-order chi connectivity index (χ1) is 13.6. The summed E-state index contributed by atoms with van der Waals surface area (Å²) < 4.78 is 40.1. The Kier molecular flexibility index (Phi) is 6.15. The van der Waals surface area contributed by atoms with Gasteiger partial charge in [0.15, 0.2) is 5.69 Å². The average Bonchev–Trinajstić information content (AvgIpc) is 3.28. The van der Waals surface area contributed by atoms with Crippen molar-refractivity contribution in [1.82, 2.24) is 14.7 Å². The van der Waals surface area contributed by atoms with Crippen LogP contribution in [0.25, 0.3) is 16.6 Å². The molecule has 2 aromatic rings. The van der Waals surface area contributed by atoms with E-state index in [1.165, 1.54) is 28.0 Å². The highest BCUT2D eigenvalue weighted by Gasteiger charge is 2.35. The molecule has 0 unspecified atom stereocenters. The second-order valence-electron chi connectivity index (χ2n) is 6.07. The van der Waals surface area contributed by atoms with Crippen LogP contribution in [-0.4, -0.2) is 42.5 Å². The lowest BCUT2D eigenvalue weighted by molar-refractivity contribution is -0.141. The Bertz CT molecular complexity index is 1010. The number of thiocarbonyl (C=S) groups is 1. The maximum atomic E-state index is 12.9. The van der Waals surface area contributed by atoms with Crippen LogP contribution in [-0.2, 0) is 22.8 Å². The number of alkyl halides is 3. The van der Waals surface area contributed by atoms with Gasteiger partial charge in [-0.15, -0.1) is 11.3 Å². The number of aliphatic carboxylic acids is 1.